The maximum Gasteiger partial charge on any atom is 0.0754 e. The van der Waals surface area contributed by atoms with Gasteiger partial charge in [-0.3, -0.25) is 0 Å². The van der Waals surface area contributed by atoms with Gasteiger partial charge in [0, 0.05) is 54.0 Å². The molecule has 14 aromatic rings. The lowest BCUT2D eigenvalue weighted by atomic mass is 9.64. The number of hydrogen-bond acceptors (Lipinski definition) is 3. The summed E-state index contributed by atoms with van der Waals surface area (Å²) in [5.74, 6) is 0. The molecule has 0 amide bonds. The standard InChI is InChI=1S/C80H52N2S/c1-6-22-54(23-7-1)63-47-48-68-66-45-40-55(50-72(66)80(58-28-12-4-13-29-58)71-35-19-20-36-74(71)82(78(63)77(68)80)59-30-14-5-15-31-59)53-38-41-60(42-39-53)81(61-44-49-76-69(51-61)67-33-17-21-37-75(67)83-76)62-43-46-65-64-32-16-18-34-70(64)79(73(65)52-62,56-24-8-2-9-25-56)57-26-10-3-11-27-57/h1-52H. The Labute approximate surface area is 487 Å². The van der Waals surface area contributed by atoms with Crippen LogP contribution in [0.4, 0.5) is 34.1 Å². The summed E-state index contributed by atoms with van der Waals surface area (Å²) in [5.41, 5.74) is 25.7. The largest absolute Gasteiger partial charge is 0.310 e. The topological polar surface area (TPSA) is 6.48 Å². The van der Waals surface area contributed by atoms with Crippen LogP contribution in [0.1, 0.15) is 44.5 Å². The zero-order valence-electron chi connectivity index (χ0n) is 45.3. The number of nitrogens with zero attached hydrogens (tertiary/aromatic N) is 2. The molecule has 1 aliphatic heterocycles. The third-order valence-electron chi connectivity index (χ3n) is 18.1. The summed E-state index contributed by atoms with van der Waals surface area (Å²) in [6.45, 7) is 0. The van der Waals surface area contributed by atoms with Gasteiger partial charge in [0.25, 0.3) is 0 Å². The van der Waals surface area contributed by atoms with Crippen molar-refractivity contribution in [1.82, 2.24) is 0 Å². The van der Waals surface area contributed by atoms with E-state index in [-0.39, 0.29) is 0 Å². The molecule has 0 saturated carbocycles. The van der Waals surface area contributed by atoms with Gasteiger partial charge in [-0.25, -0.2) is 0 Å². The fourth-order valence-electron chi connectivity index (χ4n) is 14.7. The van der Waals surface area contributed by atoms with Gasteiger partial charge in [-0.15, -0.1) is 11.3 Å². The molecule has 3 heteroatoms. The van der Waals surface area contributed by atoms with Crippen LogP contribution in [0.3, 0.4) is 0 Å². The van der Waals surface area contributed by atoms with Gasteiger partial charge in [-0.2, -0.15) is 0 Å². The van der Waals surface area contributed by atoms with Crippen molar-refractivity contribution in [2.24, 2.45) is 0 Å². The van der Waals surface area contributed by atoms with Crippen LogP contribution in [0.25, 0.3) is 64.7 Å². The highest BCUT2D eigenvalue weighted by Crippen LogP contribution is 2.67. The summed E-state index contributed by atoms with van der Waals surface area (Å²) in [6.07, 6.45) is 0. The second kappa shape index (κ2) is 18.6. The minimum Gasteiger partial charge on any atom is -0.310 e. The van der Waals surface area contributed by atoms with Crippen molar-refractivity contribution in [2.45, 2.75) is 10.8 Å². The number of para-hydroxylation sites is 2. The normalized spacial score (nSPS) is 14.9. The molecule has 0 fully saturated rings. The fourth-order valence-corrected chi connectivity index (χ4v) is 15.8. The van der Waals surface area contributed by atoms with E-state index in [9.17, 15) is 0 Å². The molecule has 388 valence electrons. The summed E-state index contributed by atoms with van der Waals surface area (Å²) in [4.78, 5) is 5.00. The van der Waals surface area contributed by atoms with Crippen molar-refractivity contribution in [3.63, 3.8) is 0 Å². The summed E-state index contributed by atoms with van der Waals surface area (Å²) >= 11 is 1.86. The van der Waals surface area contributed by atoms with Crippen molar-refractivity contribution in [3.8, 4) is 44.5 Å². The number of anilines is 6. The van der Waals surface area contributed by atoms with E-state index in [2.05, 4.69) is 325 Å². The summed E-state index contributed by atoms with van der Waals surface area (Å²) in [7, 11) is 0. The molecule has 2 aliphatic carbocycles. The molecule has 1 aromatic heterocycles. The average Bonchev–Trinajstić information content (AvgIpc) is 1.74. The van der Waals surface area contributed by atoms with Crippen LogP contribution in [0.5, 0.6) is 0 Å². The minimum atomic E-state index is -0.618. The van der Waals surface area contributed by atoms with Gasteiger partial charge in [0.2, 0.25) is 0 Å². The van der Waals surface area contributed by atoms with Crippen LogP contribution in [0.2, 0.25) is 0 Å². The Kier molecular flexibility index (Phi) is 10.7. The third-order valence-corrected chi connectivity index (χ3v) is 19.3. The Morgan fingerprint density at radius 3 is 1.52 bits per heavy atom. The SMILES string of the molecule is c1ccc(-c2ccc3c4c2N(c2ccccc2)c2ccccc2C4(c2ccccc2)c2cc(-c4ccc(N(c5ccc6c(c5)C(c5ccccc5)(c5ccccc5)c5ccccc5-6)c5ccc6sc7ccccc7c6c5)cc4)ccc2-3)cc1. The monoisotopic (exact) mass is 1070 g/mol. The molecule has 3 aliphatic rings. The van der Waals surface area contributed by atoms with Crippen LogP contribution in [-0.4, -0.2) is 0 Å². The van der Waals surface area contributed by atoms with Crippen LogP contribution < -0.4 is 9.80 Å². The van der Waals surface area contributed by atoms with Gasteiger partial charge in [-0.1, -0.05) is 243 Å². The van der Waals surface area contributed by atoms with E-state index in [0.717, 1.165) is 28.3 Å². The first-order chi connectivity index (χ1) is 41.2. The molecule has 0 N–H and O–H groups in total. The van der Waals surface area contributed by atoms with Crippen LogP contribution in [0.15, 0.2) is 315 Å². The predicted molar refractivity (Wildman–Crippen MR) is 348 cm³/mol. The van der Waals surface area contributed by atoms with Crippen molar-refractivity contribution in [3.05, 3.63) is 360 Å². The van der Waals surface area contributed by atoms with E-state index in [4.69, 9.17) is 0 Å². The third kappa shape index (κ3) is 6.89. The highest BCUT2D eigenvalue weighted by molar-refractivity contribution is 7.25. The first-order valence-corrected chi connectivity index (χ1v) is 29.5. The van der Waals surface area contributed by atoms with Crippen LogP contribution in [-0.2, 0) is 10.8 Å². The molecule has 2 heterocycles. The highest BCUT2D eigenvalue weighted by atomic mass is 32.1. The Morgan fingerprint density at radius 2 is 0.783 bits per heavy atom. The quantitative estimate of drug-likeness (QED) is 0.142. The number of hydrogen-bond donors (Lipinski definition) is 0. The van der Waals surface area contributed by atoms with Gasteiger partial charge in [0.15, 0.2) is 0 Å². The van der Waals surface area contributed by atoms with Crippen LogP contribution >= 0.6 is 11.3 Å². The van der Waals surface area contributed by atoms with E-state index in [1.165, 1.54) is 115 Å². The Balaban J connectivity index is 0.858. The second-order valence-corrected chi connectivity index (χ2v) is 23.3. The second-order valence-electron chi connectivity index (χ2n) is 22.2. The van der Waals surface area contributed by atoms with Crippen molar-refractivity contribution >= 4 is 65.6 Å². The van der Waals surface area contributed by atoms with Crippen molar-refractivity contribution < 1.29 is 0 Å². The molecule has 17 rings (SSSR count). The molecular weight excluding hydrogens is 1020 g/mol. The lowest BCUT2D eigenvalue weighted by Gasteiger charge is -2.45. The molecule has 0 bridgehead atoms. The Morgan fingerprint density at radius 1 is 0.289 bits per heavy atom. The lowest BCUT2D eigenvalue weighted by Crippen LogP contribution is -2.36. The predicted octanol–water partition coefficient (Wildman–Crippen LogP) is 21.4. The molecular formula is C80H52N2S. The van der Waals surface area contributed by atoms with E-state index >= 15 is 0 Å². The molecule has 83 heavy (non-hydrogen) atoms. The Bertz CT molecular complexity index is 4800. The van der Waals surface area contributed by atoms with Crippen molar-refractivity contribution in [2.75, 3.05) is 9.80 Å². The van der Waals surface area contributed by atoms with Gasteiger partial charge in [-0.05, 0) is 151 Å². The van der Waals surface area contributed by atoms with Crippen LogP contribution in [0, 0.1) is 0 Å². The number of rotatable bonds is 9. The van der Waals surface area contributed by atoms with Crippen molar-refractivity contribution in [1.29, 1.82) is 0 Å². The zero-order valence-corrected chi connectivity index (χ0v) is 46.1. The number of fused-ring (bicyclic) bond motifs is 11. The first kappa shape index (κ1) is 47.5. The molecule has 13 aromatic carbocycles. The van der Waals surface area contributed by atoms with Gasteiger partial charge in [0.1, 0.15) is 0 Å². The summed E-state index contributed by atoms with van der Waals surface area (Å²) in [5, 5.41) is 2.55. The Hall–Kier alpha value is -10.3. The molecule has 1 atom stereocenters. The van der Waals surface area contributed by atoms with E-state index in [1.807, 2.05) is 11.3 Å². The molecule has 0 spiro atoms. The fraction of sp³-hybridized carbons (Fsp3) is 0.0250. The number of benzene rings is 13. The maximum absolute atomic E-state index is 2.52. The van der Waals surface area contributed by atoms with Gasteiger partial charge >= 0.3 is 0 Å². The molecule has 1 unspecified atom stereocenters. The van der Waals surface area contributed by atoms with E-state index in [1.54, 1.807) is 0 Å². The smallest absolute Gasteiger partial charge is 0.0754 e. The molecule has 0 radical (unpaired) electrons. The summed E-state index contributed by atoms with van der Waals surface area (Å²) in [6, 6.07) is 118. The zero-order chi connectivity index (χ0) is 54.6. The lowest BCUT2D eigenvalue weighted by molar-refractivity contribution is 0.754. The minimum absolute atomic E-state index is 0.541. The van der Waals surface area contributed by atoms with Gasteiger partial charge < -0.3 is 9.80 Å². The molecule has 0 saturated heterocycles. The maximum atomic E-state index is 2.52. The average molecular weight is 1070 g/mol. The van der Waals surface area contributed by atoms with E-state index < -0.39 is 10.8 Å². The first-order valence-electron chi connectivity index (χ1n) is 28.7. The van der Waals surface area contributed by atoms with Gasteiger partial charge in [0.05, 0.1) is 22.2 Å². The van der Waals surface area contributed by atoms with E-state index in [0.29, 0.717) is 0 Å². The molecule has 2 nitrogen and oxygen atoms in total. The summed E-state index contributed by atoms with van der Waals surface area (Å²) < 4.78 is 2.58. The highest BCUT2D eigenvalue weighted by Gasteiger charge is 2.53. The number of thiophene rings is 1.